The van der Waals surface area contributed by atoms with Gasteiger partial charge in [-0.1, -0.05) is 0 Å². The van der Waals surface area contributed by atoms with E-state index in [2.05, 4.69) is 9.97 Å². The monoisotopic (exact) mass is 255 g/mol. The van der Waals surface area contributed by atoms with Gasteiger partial charge in [0.15, 0.2) is 0 Å². The number of rotatable bonds is 2. The van der Waals surface area contributed by atoms with Crippen molar-refractivity contribution in [3.05, 3.63) is 42.4 Å². The largest absolute Gasteiger partial charge is 0.464 e. The van der Waals surface area contributed by atoms with E-state index < -0.39 is 0 Å². The number of esters is 1. The van der Waals surface area contributed by atoms with Gasteiger partial charge >= 0.3 is 5.97 Å². The van der Waals surface area contributed by atoms with Crippen molar-refractivity contribution in [2.45, 2.75) is 0 Å². The third kappa shape index (κ3) is 1.79. The van der Waals surface area contributed by atoms with Crippen LogP contribution in [0, 0.1) is 0 Å². The quantitative estimate of drug-likeness (QED) is 0.715. The molecule has 0 bridgehead atoms. The molecule has 0 aliphatic carbocycles. The molecular formula is C14H13N3O2. The lowest BCUT2D eigenvalue weighted by Crippen LogP contribution is -2.00. The maximum atomic E-state index is 11.5. The van der Waals surface area contributed by atoms with Crippen LogP contribution in [0.4, 0.5) is 0 Å². The molecule has 3 aromatic rings. The second-order valence-corrected chi connectivity index (χ2v) is 4.31. The average Bonchev–Trinajstić information content (AvgIpc) is 3.04. The number of H-pyrrole nitrogens is 1. The van der Waals surface area contributed by atoms with Crippen molar-refractivity contribution in [3.63, 3.8) is 0 Å². The Labute approximate surface area is 109 Å². The fourth-order valence-corrected chi connectivity index (χ4v) is 2.21. The summed E-state index contributed by atoms with van der Waals surface area (Å²) in [5, 5.41) is 1.04. The molecule has 1 N–H and O–H groups in total. The topological polar surface area (TPSA) is 59.9 Å². The molecule has 0 saturated heterocycles. The maximum Gasteiger partial charge on any atom is 0.354 e. The highest BCUT2D eigenvalue weighted by Gasteiger charge is 2.13. The zero-order valence-corrected chi connectivity index (χ0v) is 10.7. The van der Waals surface area contributed by atoms with Gasteiger partial charge < -0.3 is 14.3 Å². The van der Waals surface area contributed by atoms with Crippen LogP contribution in [-0.4, -0.2) is 27.6 Å². The fraction of sp³-hybridized carbons (Fsp3) is 0.143. The SMILES string of the molecule is COC(=O)c1ccc(-c2cn(C)c3ncccc23)[nH]1. The lowest BCUT2D eigenvalue weighted by molar-refractivity contribution is 0.0595. The molecule has 19 heavy (non-hydrogen) atoms. The van der Waals surface area contributed by atoms with Crippen molar-refractivity contribution in [2.24, 2.45) is 7.05 Å². The summed E-state index contributed by atoms with van der Waals surface area (Å²) < 4.78 is 6.65. The molecule has 3 aromatic heterocycles. The van der Waals surface area contributed by atoms with Gasteiger partial charge in [-0.05, 0) is 24.3 Å². The van der Waals surface area contributed by atoms with Gasteiger partial charge in [-0.15, -0.1) is 0 Å². The van der Waals surface area contributed by atoms with E-state index in [4.69, 9.17) is 4.74 Å². The summed E-state index contributed by atoms with van der Waals surface area (Å²) in [6.07, 6.45) is 3.76. The van der Waals surface area contributed by atoms with Gasteiger partial charge in [-0.25, -0.2) is 9.78 Å². The Bertz CT molecular complexity index is 755. The molecule has 3 heterocycles. The van der Waals surface area contributed by atoms with Crippen LogP contribution >= 0.6 is 0 Å². The van der Waals surface area contributed by atoms with E-state index in [1.807, 2.05) is 36.0 Å². The number of pyridine rings is 1. The maximum absolute atomic E-state index is 11.5. The first-order valence-electron chi connectivity index (χ1n) is 5.88. The number of aromatic nitrogens is 3. The average molecular weight is 255 g/mol. The molecule has 5 heteroatoms. The summed E-state index contributed by atoms with van der Waals surface area (Å²) in [5.74, 6) is -0.371. The molecule has 0 aliphatic rings. The predicted molar refractivity (Wildman–Crippen MR) is 71.8 cm³/mol. The number of aromatic amines is 1. The van der Waals surface area contributed by atoms with E-state index in [1.165, 1.54) is 7.11 Å². The van der Waals surface area contributed by atoms with E-state index in [0.717, 1.165) is 22.3 Å². The van der Waals surface area contributed by atoms with Crippen LogP contribution in [0.5, 0.6) is 0 Å². The third-order valence-electron chi connectivity index (χ3n) is 3.12. The second-order valence-electron chi connectivity index (χ2n) is 4.31. The van der Waals surface area contributed by atoms with Crippen molar-refractivity contribution in [1.29, 1.82) is 0 Å². The van der Waals surface area contributed by atoms with E-state index in [0.29, 0.717) is 5.69 Å². The third-order valence-corrected chi connectivity index (χ3v) is 3.12. The molecule has 0 aliphatic heterocycles. The molecule has 0 aromatic carbocycles. The van der Waals surface area contributed by atoms with Crippen LogP contribution in [0.2, 0.25) is 0 Å². The highest BCUT2D eigenvalue weighted by molar-refractivity contribution is 5.95. The molecular weight excluding hydrogens is 242 g/mol. The fourth-order valence-electron chi connectivity index (χ4n) is 2.21. The highest BCUT2D eigenvalue weighted by Crippen LogP contribution is 2.28. The van der Waals surface area contributed by atoms with Gasteiger partial charge in [0.05, 0.1) is 7.11 Å². The smallest absolute Gasteiger partial charge is 0.354 e. The predicted octanol–water partition coefficient (Wildman–Crippen LogP) is 2.35. The number of nitrogens with zero attached hydrogens (tertiary/aromatic N) is 2. The minimum atomic E-state index is -0.371. The number of fused-ring (bicyclic) bond motifs is 1. The van der Waals surface area contributed by atoms with Gasteiger partial charge in [0, 0.05) is 36.1 Å². The van der Waals surface area contributed by atoms with E-state index >= 15 is 0 Å². The normalized spacial score (nSPS) is 10.8. The lowest BCUT2D eigenvalue weighted by atomic mass is 10.2. The van der Waals surface area contributed by atoms with Crippen LogP contribution in [0.1, 0.15) is 10.5 Å². The highest BCUT2D eigenvalue weighted by atomic mass is 16.5. The Kier molecular flexibility index (Phi) is 2.59. The number of hydrogen-bond acceptors (Lipinski definition) is 3. The van der Waals surface area contributed by atoms with Crippen LogP contribution < -0.4 is 0 Å². The first kappa shape index (κ1) is 11.5. The zero-order valence-electron chi connectivity index (χ0n) is 10.7. The summed E-state index contributed by atoms with van der Waals surface area (Å²) >= 11 is 0. The van der Waals surface area contributed by atoms with E-state index in [9.17, 15) is 4.79 Å². The summed E-state index contributed by atoms with van der Waals surface area (Å²) in [5.41, 5.74) is 3.24. The van der Waals surface area contributed by atoms with Crippen molar-refractivity contribution in [3.8, 4) is 11.3 Å². The van der Waals surface area contributed by atoms with Crippen LogP contribution in [0.15, 0.2) is 36.7 Å². The van der Waals surface area contributed by atoms with Crippen LogP contribution in [0.25, 0.3) is 22.3 Å². The molecule has 3 rings (SSSR count). The molecule has 0 spiro atoms. The minimum Gasteiger partial charge on any atom is -0.464 e. The van der Waals surface area contributed by atoms with Crippen LogP contribution in [0.3, 0.4) is 0 Å². The van der Waals surface area contributed by atoms with E-state index in [1.54, 1.807) is 12.3 Å². The molecule has 0 radical (unpaired) electrons. The Balaban J connectivity index is 2.14. The molecule has 0 saturated carbocycles. The number of nitrogens with one attached hydrogen (secondary N) is 1. The number of methoxy groups -OCH3 is 1. The Hall–Kier alpha value is -2.56. The van der Waals surface area contributed by atoms with Crippen LogP contribution in [-0.2, 0) is 11.8 Å². The van der Waals surface area contributed by atoms with Gasteiger partial charge in [-0.3, -0.25) is 0 Å². The van der Waals surface area contributed by atoms with Crippen molar-refractivity contribution < 1.29 is 9.53 Å². The van der Waals surface area contributed by atoms with Crippen molar-refractivity contribution in [1.82, 2.24) is 14.5 Å². The molecule has 0 amide bonds. The van der Waals surface area contributed by atoms with E-state index in [-0.39, 0.29) is 5.97 Å². The Morgan fingerprint density at radius 3 is 3.00 bits per heavy atom. The second kappa shape index (κ2) is 4.28. The van der Waals surface area contributed by atoms with Crippen molar-refractivity contribution in [2.75, 3.05) is 7.11 Å². The lowest BCUT2D eigenvalue weighted by Gasteiger charge is -1.96. The summed E-state index contributed by atoms with van der Waals surface area (Å²) in [4.78, 5) is 18.9. The summed E-state index contributed by atoms with van der Waals surface area (Å²) in [7, 11) is 3.31. The summed E-state index contributed by atoms with van der Waals surface area (Å²) in [6.45, 7) is 0. The van der Waals surface area contributed by atoms with Gasteiger partial charge in [0.2, 0.25) is 0 Å². The summed E-state index contributed by atoms with van der Waals surface area (Å²) in [6, 6.07) is 7.50. The first-order valence-corrected chi connectivity index (χ1v) is 5.88. The standard InChI is InChI=1S/C14H13N3O2/c1-17-8-10(9-4-3-7-15-13(9)17)11-5-6-12(16-11)14(18)19-2/h3-8,16H,1-2H3. The molecule has 0 fully saturated rings. The Morgan fingerprint density at radius 1 is 1.37 bits per heavy atom. The van der Waals surface area contributed by atoms with Crippen molar-refractivity contribution >= 4 is 17.0 Å². The minimum absolute atomic E-state index is 0.371. The number of aryl methyl sites for hydroxylation is 1. The zero-order chi connectivity index (χ0) is 13.4. The molecule has 0 atom stereocenters. The number of hydrogen-bond donors (Lipinski definition) is 1. The van der Waals surface area contributed by atoms with Gasteiger partial charge in [0.1, 0.15) is 11.3 Å². The molecule has 0 unspecified atom stereocenters. The number of ether oxygens (including phenoxy) is 1. The molecule has 5 nitrogen and oxygen atoms in total. The number of carbonyl (C=O) groups is 1. The van der Waals surface area contributed by atoms with Gasteiger partial charge in [0.25, 0.3) is 0 Å². The first-order chi connectivity index (χ1) is 9.20. The Morgan fingerprint density at radius 2 is 2.21 bits per heavy atom. The number of carbonyl (C=O) groups excluding carboxylic acids is 1. The van der Waals surface area contributed by atoms with Gasteiger partial charge in [-0.2, -0.15) is 0 Å². The molecule has 96 valence electrons.